The van der Waals surface area contributed by atoms with E-state index in [9.17, 15) is 9.59 Å². The van der Waals surface area contributed by atoms with Gasteiger partial charge in [-0.3, -0.25) is 15.0 Å². The highest BCUT2D eigenvalue weighted by Gasteiger charge is 2.33. The Morgan fingerprint density at radius 2 is 1.85 bits per heavy atom. The molecule has 7 heteroatoms. The number of aryl methyl sites for hydroxylation is 1. The molecule has 5 nitrogen and oxygen atoms in total. The van der Waals surface area contributed by atoms with E-state index in [-0.39, 0.29) is 16.1 Å². The fourth-order valence-electron chi connectivity index (χ4n) is 2.41. The number of ether oxygens (including phenoxy) is 1. The third-order valence-corrected chi connectivity index (χ3v) is 5.11. The van der Waals surface area contributed by atoms with Crippen molar-refractivity contribution in [3.8, 4) is 5.75 Å². The molecule has 1 saturated heterocycles. The molecule has 0 radical (unpaired) electrons. The molecule has 1 N–H and O–H groups in total. The van der Waals surface area contributed by atoms with Crippen molar-refractivity contribution in [1.82, 2.24) is 10.4 Å². The Labute approximate surface area is 167 Å². The number of hydrogen-bond acceptors (Lipinski definition) is 5. The van der Waals surface area contributed by atoms with E-state index < -0.39 is 0 Å². The summed E-state index contributed by atoms with van der Waals surface area (Å²) in [5, 5.41) is 1.11. The van der Waals surface area contributed by atoms with Crippen LogP contribution in [0.4, 0.5) is 0 Å². The predicted molar refractivity (Wildman–Crippen MR) is 111 cm³/mol. The van der Waals surface area contributed by atoms with Crippen LogP contribution in [0.3, 0.4) is 0 Å². The summed E-state index contributed by atoms with van der Waals surface area (Å²) >= 11 is 6.40. The van der Waals surface area contributed by atoms with Gasteiger partial charge in [-0.2, -0.15) is 5.01 Å². The number of amides is 2. The molecule has 2 amide bonds. The standard InChI is InChI=1S/C20H18N2O3S2/c1-3-25-16-10-6-14(7-11-16)12-17-19(24)22(20(26)27-17)21-18(23)15-8-4-13(2)5-9-15/h4-12H,3H2,1-2H3,(H,21,23)/b17-12-. The van der Waals surface area contributed by atoms with E-state index in [1.807, 2.05) is 50.2 Å². The fraction of sp³-hybridized carbons (Fsp3) is 0.150. The third-order valence-electron chi connectivity index (χ3n) is 3.81. The van der Waals surface area contributed by atoms with Crippen molar-refractivity contribution in [2.75, 3.05) is 6.61 Å². The van der Waals surface area contributed by atoms with Crippen LogP contribution in [0.2, 0.25) is 0 Å². The molecule has 2 aromatic carbocycles. The number of thiocarbonyl (C=S) groups is 1. The van der Waals surface area contributed by atoms with Gasteiger partial charge in [0.05, 0.1) is 11.5 Å². The van der Waals surface area contributed by atoms with Crippen molar-refractivity contribution in [2.24, 2.45) is 0 Å². The first kappa shape index (κ1) is 19.1. The quantitative estimate of drug-likeness (QED) is 0.611. The summed E-state index contributed by atoms with van der Waals surface area (Å²) in [5.74, 6) is 0.0422. The predicted octanol–water partition coefficient (Wildman–Crippen LogP) is 3.94. The molecule has 1 aliphatic rings. The van der Waals surface area contributed by atoms with Crippen LogP contribution in [0.25, 0.3) is 6.08 Å². The van der Waals surface area contributed by atoms with E-state index in [1.54, 1.807) is 18.2 Å². The molecule has 0 saturated carbocycles. The van der Waals surface area contributed by atoms with Crippen molar-refractivity contribution in [3.63, 3.8) is 0 Å². The van der Waals surface area contributed by atoms with Gasteiger partial charge in [-0.1, -0.05) is 41.6 Å². The van der Waals surface area contributed by atoms with Gasteiger partial charge in [0, 0.05) is 5.56 Å². The lowest BCUT2D eigenvalue weighted by Crippen LogP contribution is -2.44. The molecule has 2 aromatic rings. The monoisotopic (exact) mass is 398 g/mol. The highest BCUT2D eigenvalue weighted by Crippen LogP contribution is 2.31. The van der Waals surface area contributed by atoms with Gasteiger partial charge < -0.3 is 4.74 Å². The second kappa shape index (κ2) is 8.37. The molecule has 0 aliphatic carbocycles. The van der Waals surface area contributed by atoms with E-state index in [1.165, 1.54) is 0 Å². The first-order chi connectivity index (χ1) is 13.0. The van der Waals surface area contributed by atoms with E-state index >= 15 is 0 Å². The number of nitrogens with zero attached hydrogens (tertiary/aromatic N) is 1. The van der Waals surface area contributed by atoms with Gasteiger partial charge >= 0.3 is 0 Å². The van der Waals surface area contributed by atoms with Crippen molar-refractivity contribution < 1.29 is 14.3 Å². The average molecular weight is 399 g/mol. The minimum Gasteiger partial charge on any atom is -0.494 e. The number of carbonyl (C=O) groups is 2. The lowest BCUT2D eigenvalue weighted by molar-refractivity contribution is -0.123. The Balaban J connectivity index is 1.72. The molecule has 0 aromatic heterocycles. The maximum absolute atomic E-state index is 12.6. The number of hydrazine groups is 1. The van der Waals surface area contributed by atoms with Crippen molar-refractivity contribution in [3.05, 3.63) is 70.1 Å². The van der Waals surface area contributed by atoms with Gasteiger partial charge in [-0.05, 0) is 62.0 Å². The number of carbonyl (C=O) groups excluding carboxylic acids is 2. The summed E-state index contributed by atoms with van der Waals surface area (Å²) in [5.41, 5.74) is 4.94. The van der Waals surface area contributed by atoms with Crippen LogP contribution in [0.15, 0.2) is 53.4 Å². The second-order valence-electron chi connectivity index (χ2n) is 5.83. The topological polar surface area (TPSA) is 58.6 Å². The average Bonchev–Trinajstić information content (AvgIpc) is 2.91. The molecule has 138 valence electrons. The minimum absolute atomic E-state index is 0.289. The van der Waals surface area contributed by atoms with E-state index in [4.69, 9.17) is 17.0 Å². The van der Waals surface area contributed by atoms with Crippen LogP contribution < -0.4 is 10.2 Å². The molecule has 0 atom stereocenters. The number of benzene rings is 2. The number of nitrogens with one attached hydrogen (secondary N) is 1. The van der Waals surface area contributed by atoms with Crippen LogP contribution in [0.1, 0.15) is 28.4 Å². The van der Waals surface area contributed by atoms with Gasteiger partial charge in [0.25, 0.3) is 11.8 Å². The largest absolute Gasteiger partial charge is 0.494 e. The van der Waals surface area contributed by atoms with Crippen LogP contribution >= 0.6 is 24.0 Å². The summed E-state index contributed by atoms with van der Waals surface area (Å²) in [4.78, 5) is 25.4. The summed E-state index contributed by atoms with van der Waals surface area (Å²) in [7, 11) is 0. The molecule has 0 spiro atoms. The third kappa shape index (κ3) is 4.56. The smallest absolute Gasteiger partial charge is 0.285 e. The number of hydrogen-bond donors (Lipinski definition) is 1. The van der Waals surface area contributed by atoms with Gasteiger partial charge in [0.15, 0.2) is 4.32 Å². The lowest BCUT2D eigenvalue weighted by Gasteiger charge is -2.15. The van der Waals surface area contributed by atoms with Crippen LogP contribution in [-0.4, -0.2) is 27.8 Å². The Bertz CT molecular complexity index is 906. The fourth-order valence-corrected chi connectivity index (χ4v) is 3.59. The van der Waals surface area contributed by atoms with Crippen LogP contribution in [0.5, 0.6) is 5.75 Å². The Hall–Kier alpha value is -2.64. The van der Waals surface area contributed by atoms with Crippen molar-refractivity contribution in [1.29, 1.82) is 0 Å². The molecule has 1 heterocycles. The molecular weight excluding hydrogens is 380 g/mol. The Morgan fingerprint density at radius 3 is 2.48 bits per heavy atom. The summed E-state index contributed by atoms with van der Waals surface area (Å²) < 4.78 is 5.70. The van der Waals surface area contributed by atoms with Gasteiger partial charge in [0.2, 0.25) is 0 Å². The zero-order valence-electron chi connectivity index (χ0n) is 14.9. The van der Waals surface area contributed by atoms with Crippen LogP contribution in [0, 0.1) is 6.92 Å². The molecule has 1 fully saturated rings. The summed E-state index contributed by atoms with van der Waals surface area (Å²) in [6.45, 7) is 4.46. The normalized spacial score (nSPS) is 15.3. The number of rotatable bonds is 5. The summed E-state index contributed by atoms with van der Waals surface area (Å²) in [6, 6.07) is 14.5. The maximum Gasteiger partial charge on any atom is 0.285 e. The van der Waals surface area contributed by atoms with E-state index in [0.717, 1.165) is 33.6 Å². The highest BCUT2D eigenvalue weighted by atomic mass is 32.2. The Kier molecular flexibility index (Phi) is 5.93. The molecule has 1 aliphatic heterocycles. The lowest BCUT2D eigenvalue weighted by atomic mass is 10.1. The molecular formula is C20H18N2O3S2. The van der Waals surface area contributed by atoms with Crippen molar-refractivity contribution >= 4 is 46.2 Å². The number of thioether (sulfide) groups is 1. The molecule has 0 unspecified atom stereocenters. The minimum atomic E-state index is -0.381. The van der Waals surface area contributed by atoms with Crippen LogP contribution in [-0.2, 0) is 4.79 Å². The Morgan fingerprint density at radius 1 is 1.19 bits per heavy atom. The van der Waals surface area contributed by atoms with E-state index in [2.05, 4.69) is 5.43 Å². The first-order valence-corrected chi connectivity index (χ1v) is 9.59. The maximum atomic E-state index is 12.6. The molecule has 3 rings (SSSR count). The van der Waals surface area contributed by atoms with Gasteiger partial charge in [0.1, 0.15) is 5.75 Å². The van der Waals surface area contributed by atoms with Gasteiger partial charge in [-0.25, -0.2) is 0 Å². The molecule has 27 heavy (non-hydrogen) atoms. The highest BCUT2D eigenvalue weighted by molar-refractivity contribution is 8.26. The van der Waals surface area contributed by atoms with Crippen molar-refractivity contribution in [2.45, 2.75) is 13.8 Å². The zero-order valence-corrected chi connectivity index (χ0v) is 16.5. The summed E-state index contributed by atoms with van der Waals surface area (Å²) in [6.07, 6.45) is 1.74. The zero-order chi connectivity index (χ0) is 19.4. The van der Waals surface area contributed by atoms with Gasteiger partial charge in [-0.15, -0.1) is 0 Å². The SMILES string of the molecule is CCOc1ccc(/C=C2\SC(=S)N(NC(=O)c3ccc(C)cc3)C2=O)cc1. The molecule has 0 bridgehead atoms. The van der Waals surface area contributed by atoms with E-state index in [0.29, 0.717) is 17.1 Å². The first-order valence-electron chi connectivity index (χ1n) is 8.36. The second-order valence-corrected chi connectivity index (χ2v) is 7.50.